The van der Waals surface area contributed by atoms with Crippen LogP contribution in [0, 0.1) is 0 Å². The predicted octanol–water partition coefficient (Wildman–Crippen LogP) is 4.98. The molecule has 8 nitrogen and oxygen atoms in total. The number of rotatable bonds is 9. The Bertz CT molecular complexity index is 1880. The number of thioether (sulfide) groups is 1. The number of hydrogen-bond donors (Lipinski definition) is 0. The van der Waals surface area contributed by atoms with E-state index in [2.05, 4.69) is 0 Å². The van der Waals surface area contributed by atoms with E-state index >= 15 is 0 Å². The van der Waals surface area contributed by atoms with Gasteiger partial charge in [-0.05, 0) is 61.6 Å². The molecule has 43 heavy (non-hydrogen) atoms. The first-order valence-electron chi connectivity index (χ1n) is 13.7. The standard InChI is InChI=1S/C33H30N2O6S2/c1-5-39-26-18-21(12-17-25(26)41-20(3)36)19-27-31(37)35-30(23-13-15-24(42-4)16-14-23)28(32(38)40-6-2)29(34-33(35)43-27)22-10-8-7-9-11-22/h7-19,30H,5-6H2,1-4H3/b27-19-/t30-/m1/s1. The number of aromatic nitrogens is 1. The van der Waals surface area contributed by atoms with Crippen LogP contribution >= 0.6 is 23.1 Å². The van der Waals surface area contributed by atoms with Crippen LogP contribution in [-0.4, -0.2) is 36.0 Å². The van der Waals surface area contributed by atoms with Gasteiger partial charge in [-0.2, -0.15) is 0 Å². The number of benzene rings is 3. The molecule has 4 aromatic rings. The van der Waals surface area contributed by atoms with Crippen LogP contribution in [0.15, 0.2) is 93.1 Å². The lowest BCUT2D eigenvalue weighted by atomic mass is 9.93. The van der Waals surface area contributed by atoms with Crippen LogP contribution in [0.25, 0.3) is 11.8 Å². The molecule has 220 valence electrons. The lowest BCUT2D eigenvalue weighted by Crippen LogP contribution is -2.40. The molecule has 0 saturated heterocycles. The maximum absolute atomic E-state index is 14.1. The highest BCUT2D eigenvalue weighted by Crippen LogP contribution is 2.36. The second kappa shape index (κ2) is 13.3. The van der Waals surface area contributed by atoms with Crippen LogP contribution in [-0.2, 0) is 14.3 Å². The van der Waals surface area contributed by atoms with Crippen molar-refractivity contribution in [3.8, 4) is 11.5 Å². The molecule has 0 spiro atoms. The second-order valence-corrected chi connectivity index (χ2v) is 11.3. The summed E-state index contributed by atoms with van der Waals surface area (Å²) in [6.07, 6.45) is 3.74. The molecule has 10 heteroatoms. The zero-order valence-electron chi connectivity index (χ0n) is 24.2. The van der Waals surface area contributed by atoms with E-state index in [1.165, 1.54) is 18.3 Å². The summed E-state index contributed by atoms with van der Waals surface area (Å²) in [5.74, 6) is -0.296. The van der Waals surface area contributed by atoms with Crippen LogP contribution in [0.4, 0.5) is 0 Å². The minimum absolute atomic E-state index is 0.179. The van der Waals surface area contributed by atoms with Crippen molar-refractivity contribution in [1.29, 1.82) is 0 Å². The molecule has 3 aromatic carbocycles. The Morgan fingerprint density at radius 3 is 2.40 bits per heavy atom. The highest BCUT2D eigenvalue weighted by molar-refractivity contribution is 7.98. The minimum atomic E-state index is -0.756. The fourth-order valence-corrected chi connectivity index (χ4v) is 6.22. The third kappa shape index (κ3) is 6.35. The van der Waals surface area contributed by atoms with Crippen LogP contribution in [0.2, 0.25) is 0 Å². The van der Waals surface area contributed by atoms with Crippen molar-refractivity contribution in [3.63, 3.8) is 0 Å². The van der Waals surface area contributed by atoms with Crippen LogP contribution in [0.3, 0.4) is 0 Å². The smallest absolute Gasteiger partial charge is 0.338 e. The minimum Gasteiger partial charge on any atom is -0.490 e. The summed E-state index contributed by atoms with van der Waals surface area (Å²) in [5.41, 5.74) is 2.66. The average molecular weight is 615 g/mol. The lowest BCUT2D eigenvalue weighted by molar-refractivity contribution is -0.139. The van der Waals surface area contributed by atoms with Gasteiger partial charge in [-0.15, -0.1) is 11.8 Å². The first kappa shape index (κ1) is 30.1. The number of thiazole rings is 1. The maximum Gasteiger partial charge on any atom is 0.338 e. The molecular weight excluding hydrogens is 585 g/mol. The van der Waals surface area contributed by atoms with Gasteiger partial charge in [-0.3, -0.25) is 14.2 Å². The number of esters is 2. The molecule has 0 radical (unpaired) electrons. The lowest BCUT2D eigenvalue weighted by Gasteiger charge is -2.26. The molecule has 1 aliphatic rings. The molecule has 0 amide bonds. The third-order valence-electron chi connectivity index (χ3n) is 6.62. The molecule has 0 saturated carbocycles. The van der Waals surface area contributed by atoms with E-state index in [0.29, 0.717) is 44.3 Å². The Morgan fingerprint density at radius 1 is 1.00 bits per heavy atom. The number of ether oxygens (including phenoxy) is 3. The number of nitrogens with zero attached hydrogens (tertiary/aromatic N) is 2. The molecule has 1 aliphatic heterocycles. The van der Waals surface area contributed by atoms with Crippen molar-refractivity contribution in [2.75, 3.05) is 19.5 Å². The molecule has 2 heterocycles. The number of carbonyl (C=O) groups excluding carboxylic acids is 2. The van der Waals surface area contributed by atoms with E-state index in [1.54, 1.807) is 47.5 Å². The molecular formula is C33H30N2O6S2. The molecule has 0 bridgehead atoms. The summed E-state index contributed by atoms with van der Waals surface area (Å²) in [5, 5.41) is 0. The summed E-state index contributed by atoms with van der Waals surface area (Å²) in [7, 11) is 0. The zero-order chi connectivity index (χ0) is 30.5. The Labute approximate surface area is 257 Å². The van der Waals surface area contributed by atoms with Crippen molar-refractivity contribution in [3.05, 3.63) is 115 Å². The van der Waals surface area contributed by atoms with Gasteiger partial charge in [-0.1, -0.05) is 59.9 Å². The largest absolute Gasteiger partial charge is 0.490 e. The van der Waals surface area contributed by atoms with E-state index in [4.69, 9.17) is 19.2 Å². The van der Waals surface area contributed by atoms with E-state index in [0.717, 1.165) is 16.0 Å². The van der Waals surface area contributed by atoms with E-state index in [-0.39, 0.29) is 12.2 Å². The van der Waals surface area contributed by atoms with Crippen molar-refractivity contribution in [2.45, 2.75) is 31.7 Å². The fourth-order valence-electron chi connectivity index (χ4n) is 4.82. The molecule has 1 atom stereocenters. The SMILES string of the molecule is CCOC(=O)C1=C(c2ccccc2)N=c2s/c(=C\c3ccc(OC(C)=O)c(OCC)c3)c(=O)n2[C@@H]1c1ccc(SC)cc1. The second-order valence-electron chi connectivity index (χ2n) is 9.44. The predicted molar refractivity (Wildman–Crippen MR) is 168 cm³/mol. The number of fused-ring (bicyclic) bond motifs is 1. The molecule has 1 aromatic heterocycles. The van der Waals surface area contributed by atoms with E-state index in [9.17, 15) is 14.4 Å². The molecule has 0 aliphatic carbocycles. The van der Waals surface area contributed by atoms with Gasteiger partial charge in [-0.25, -0.2) is 9.79 Å². The molecule has 0 fully saturated rings. The van der Waals surface area contributed by atoms with Crippen molar-refractivity contribution in [2.24, 2.45) is 4.99 Å². The van der Waals surface area contributed by atoms with Crippen LogP contribution in [0.5, 0.6) is 11.5 Å². The normalized spacial score (nSPS) is 14.6. The van der Waals surface area contributed by atoms with Gasteiger partial charge in [0.15, 0.2) is 16.3 Å². The van der Waals surface area contributed by atoms with Gasteiger partial charge < -0.3 is 14.2 Å². The van der Waals surface area contributed by atoms with Crippen molar-refractivity contribution in [1.82, 2.24) is 4.57 Å². The Kier molecular flexibility index (Phi) is 9.27. The number of hydrogen-bond acceptors (Lipinski definition) is 9. The molecule has 5 rings (SSSR count). The summed E-state index contributed by atoms with van der Waals surface area (Å²) in [6, 6.07) is 21.6. The highest BCUT2D eigenvalue weighted by atomic mass is 32.2. The monoisotopic (exact) mass is 614 g/mol. The van der Waals surface area contributed by atoms with Gasteiger partial charge >= 0.3 is 11.9 Å². The van der Waals surface area contributed by atoms with Gasteiger partial charge in [0.25, 0.3) is 5.56 Å². The first-order chi connectivity index (χ1) is 20.8. The Hall–Kier alpha value is -4.41. The average Bonchev–Trinajstić information content (AvgIpc) is 3.32. The van der Waals surface area contributed by atoms with Crippen molar-refractivity contribution >= 4 is 46.8 Å². The van der Waals surface area contributed by atoms with Crippen LogP contribution in [0.1, 0.15) is 43.5 Å². The van der Waals surface area contributed by atoms with E-state index < -0.39 is 18.0 Å². The summed E-state index contributed by atoms with van der Waals surface area (Å²) >= 11 is 2.84. The Morgan fingerprint density at radius 2 is 1.74 bits per heavy atom. The summed E-state index contributed by atoms with van der Waals surface area (Å²) in [6.45, 7) is 5.46. The molecule has 0 N–H and O–H groups in total. The summed E-state index contributed by atoms with van der Waals surface area (Å²) in [4.78, 5) is 45.7. The molecule has 0 unspecified atom stereocenters. The van der Waals surface area contributed by atoms with Crippen LogP contribution < -0.4 is 24.4 Å². The topological polar surface area (TPSA) is 96.2 Å². The first-order valence-corrected chi connectivity index (χ1v) is 15.8. The van der Waals surface area contributed by atoms with Gasteiger partial charge in [0, 0.05) is 17.4 Å². The van der Waals surface area contributed by atoms with Crippen molar-refractivity contribution < 1.29 is 23.8 Å². The Balaban J connectivity index is 1.75. The quantitative estimate of drug-likeness (QED) is 0.149. The number of carbonyl (C=O) groups is 2. The van der Waals surface area contributed by atoms with E-state index in [1.807, 2.05) is 67.8 Å². The fraction of sp³-hybridized carbons (Fsp3) is 0.212. The highest BCUT2D eigenvalue weighted by Gasteiger charge is 2.35. The van der Waals surface area contributed by atoms with Gasteiger partial charge in [0.05, 0.1) is 35.1 Å². The van der Waals surface area contributed by atoms with Gasteiger partial charge in [0.1, 0.15) is 0 Å². The van der Waals surface area contributed by atoms with Gasteiger partial charge in [0.2, 0.25) is 0 Å². The third-order valence-corrected chi connectivity index (χ3v) is 8.35. The summed E-state index contributed by atoms with van der Waals surface area (Å²) < 4.78 is 18.5. The maximum atomic E-state index is 14.1. The zero-order valence-corrected chi connectivity index (χ0v) is 25.8.